The zero-order valence-electron chi connectivity index (χ0n) is 14.1. The predicted octanol–water partition coefficient (Wildman–Crippen LogP) is 2.74. The Balaban J connectivity index is 1.86. The zero-order valence-corrected chi connectivity index (χ0v) is 14.9. The van der Waals surface area contributed by atoms with Crippen LogP contribution in [0.3, 0.4) is 0 Å². The Bertz CT molecular complexity index is 1050. The van der Waals surface area contributed by atoms with Crippen LogP contribution in [0, 0.1) is 6.92 Å². The Labute approximate surface area is 150 Å². The highest BCUT2D eigenvalue weighted by Gasteiger charge is 2.14. The summed E-state index contributed by atoms with van der Waals surface area (Å²) in [5.74, 6) is -0.202. The third kappa shape index (κ3) is 3.80. The lowest BCUT2D eigenvalue weighted by atomic mass is 10.1. The molecule has 0 radical (unpaired) electrons. The van der Waals surface area contributed by atoms with Gasteiger partial charge in [0.2, 0.25) is 5.89 Å². The maximum atomic E-state index is 11.5. The maximum Gasteiger partial charge on any atom is 0.309 e. The average Bonchev–Trinajstić information content (AvgIpc) is 2.94. The van der Waals surface area contributed by atoms with Crippen LogP contribution in [0.4, 0.5) is 0 Å². The molecule has 1 aromatic carbocycles. The second-order valence-corrected chi connectivity index (χ2v) is 7.84. The molecule has 0 fully saturated rings. The van der Waals surface area contributed by atoms with Crippen LogP contribution in [0.25, 0.3) is 22.7 Å². The molecule has 26 heavy (non-hydrogen) atoms. The van der Waals surface area contributed by atoms with E-state index in [-0.39, 0.29) is 11.3 Å². The highest BCUT2D eigenvalue weighted by Crippen LogP contribution is 2.25. The molecule has 0 saturated heterocycles. The molecule has 0 aliphatic carbocycles. The van der Waals surface area contributed by atoms with Gasteiger partial charge in [-0.2, -0.15) is 0 Å². The largest absolute Gasteiger partial charge is 0.481 e. The number of hydrogen-bond acceptors (Lipinski definition) is 6. The van der Waals surface area contributed by atoms with Gasteiger partial charge in [-0.15, -0.1) is 0 Å². The van der Waals surface area contributed by atoms with E-state index in [1.54, 1.807) is 37.4 Å². The normalized spacial score (nSPS) is 11.5. The number of aryl methyl sites for hydroxylation is 1. The molecule has 3 rings (SSSR count). The first-order valence-electron chi connectivity index (χ1n) is 7.69. The number of carboxylic acid groups (broad SMARTS) is 1. The SMILES string of the molecule is Cc1oc(-c2ccc(-c3ccc(S(C)(=O)=O)cc3)nc2)nc1CC(=O)O. The van der Waals surface area contributed by atoms with Crippen LogP contribution in [-0.4, -0.2) is 35.7 Å². The summed E-state index contributed by atoms with van der Waals surface area (Å²) in [4.78, 5) is 19.6. The summed E-state index contributed by atoms with van der Waals surface area (Å²) in [7, 11) is -3.24. The number of carboxylic acids is 1. The van der Waals surface area contributed by atoms with Crippen molar-refractivity contribution in [3.05, 3.63) is 54.0 Å². The number of benzene rings is 1. The van der Waals surface area contributed by atoms with Crippen LogP contribution >= 0.6 is 0 Å². The molecule has 0 saturated carbocycles. The van der Waals surface area contributed by atoms with Crippen molar-refractivity contribution in [3.63, 3.8) is 0 Å². The van der Waals surface area contributed by atoms with Gasteiger partial charge in [0.25, 0.3) is 0 Å². The molecule has 0 aliphatic heterocycles. The van der Waals surface area contributed by atoms with Gasteiger partial charge in [-0.25, -0.2) is 13.4 Å². The lowest BCUT2D eigenvalue weighted by molar-refractivity contribution is -0.136. The minimum absolute atomic E-state index is 0.201. The third-order valence-corrected chi connectivity index (χ3v) is 4.93. The highest BCUT2D eigenvalue weighted by molar-refractivity contribution is 7.90. The number of sulfone groups is 1. The summed E-state index contributed by atoms with van der Waals surface area (Å²) >= 11 is 0. The number of rotatable bonds is 5. The van der Waals surface area contributed by atoms with Crippen molar-refractivity contribution in [2.45, 2.75) is 18.2 Å². The van der Waals surface area contributed by atoms with Crippen molar-refractivity contribution >= 4 is 15.8 Å². The molecule has 0 unspecified atom stereocenters. The van der Waals surface area contributed by atoms with Crippen LogP contribution < -0.4 is 0 Å². The highest BCUT2D eigenvalue weighted by atomic mass is 32.2. The van der Waals surface area contributed by atoms with E-state index in [1.165, 1.54) is 12.1 Å². The van der Waals surface area contributed by atoms with E-state index in [4.69, 9.17) is 9.52 Å². The van der Waals surface area contributed by atoms with Crippen LogP contribution in [-0.2, 0) is 21.1 Å². The molecule has 134 valence electrons. The van der Waals surface area contributed by atoms with E-state index in [2.05, 4.69) is 9.97 Å². The lowest BCUT2D eigenvalue weighted by Crippen LogP contribution is -2.01. The molecule has 2 heterocycles. The van der Waals surface area contributed by atoms with Gasteiger partial charge in [0.15, 0.2) is 9.84 Å². The number of aliphatic carboxylic acids is 1. The van der Waals surface area contributed by atoms with Gasteiger partial charge < -0.3 is 9.52 Å². The van der Waals surface area contributed by atoms with E-state index in [9.17, 15) is 13.2 Å². The number of nitrogens with zero attached hydrogens (tertiary/aromatic N) is 2. The molecule has 0 bridgehead atoms. The molecule has 0 aliphatic rings. The number of oxazole rings is 1. The standard InChI is InChI=1S/C18H16N2O5S/c1-11-16(9-17(21)22)20-18(25-11)13-5-8-15(19-10-13)12-3-6-14(7-4-12)26(2,23)24/h3-8,10H,9H2,1-2H3,(H,21,22). The van der Waals surface area contributed by atoms with Gasteiger partial charge >= 0.3 is 5.97 Å². The minimum atomic E-state index is -3.24. The van der Waals surface area contributed by atoms with Gasteiger partial charge in [-0.3, -0.25) is 9.78 Å². The van der Waals surface area contributed by atoms with Gasteiger partial charge in [0, 0.05) is 18.0 Å². The van der Waals surface area contributed by atoms with Crippen molar-refractivity contribution < 1.29 is 22.7 Å². The summed E-state index contributed by atoms with van der Waals surface area (Å²) in [5, 5.41) is 8.87. The van der Waals surface area contributed by atoms with Crippen molar-refractivity contribution in [2.24, 2.45) is 0 Å². The first-order chi connectivity index (χ1) is 12.2. The Kier molecular flexibility index (Phi) is 4.60. The Morgan fingerprint density at radius 2 is 1.77 bits per heavy atom. The third-order valence-electron chi connectivity index (χ3n) is 3.80. The first-order valence-corrected chi connectivity index (χ1v) is 9.58. The Morgan fingerprint density at radius 3 is 2.31 bits per heavy atom. The second kappa shape index (κ2) is 6.72. The van der Waals surface area contributed by atoms with E-state index in [1.807, 2.05) is 0 Å². The molecular formula is C18H16N2O5S. The molecule has 7 nitrogen and oxygen atoms in total. The van der Waals surface area contributed by atoms with Crippen LogP contribution in [0.15, 0.2) is 51.9 Å². The summed E-state index contributed by atoms with van der Waals surface area (Å²) < 4.78 is 28.5. The topological polar surface area (TPSA) is 110 Å². The summed E-state index contributed by atoms with van der Waals surface area (Å²) in [5.41, 5.74) is 2.45. The quantitative estimate of drug-likeness (QED) is 0.733. The number of pyridine rings is 1. The van der Waals surface area contributed by atoms with Gasteiger partial charge in [-0.05, 0) is 31.2 Å². The molecule has 3 aromatic rings. The number of hydrogen-bond donors (Lipinski definition) is 1. The molecule has 2 aromatic heterocycles. The molecule has 0 atom stereocenters. The molecular weight excluding hydrogens is 356 g/mol. The van der Waals surface area contributed by atoms with E-state index in [0.717, 1.165) is 11.8 Å². The fraction of sp³-hybridized carbons (Fsp3) is 0.167. The van der Waals surface area contributed by atoms with Crippen molar-refractivity contribution in [1.82, 2.24) is 9.97 Å². The molecule has 0 amide bonds. The summed E-state index contributed by atoms with van der Waals surface area (Å²) in [6, 6.07) is 9.99. The lowest BCUT2D eigenvalue weighted by Gasteiger charge is -2.03. The van der Waals surface area contributed by atoms with E-state index < -0.39 is 15.8 Å². The Morgan fingerprint density at radius 1 is 1.12 bits per heavy atom. The maximum absolute atomic E-state index is 11.5. The fourth-order valence-electron chi connectivity index (χ4n) is 2.42. The van der Waals surface area contributed by atoms with Crippen LogP contribution in [0.2, 0.25) is 0 Å². The van der Waals surface area contributed by atoms with Gasteiger partial charge in [-0.1, -0.05) is 12.1 Å². The van der Waals surface area contributed by atoms with Gasteiger partial charge in [0.1, 0.15) is 5.76 Å². The molecule has 1 N–H and O–H groups in total. The molecule has 8 heteroatoms. The van der Waals surface area contributed by atoms with Crippen LogP contribution in [0.1, 0.15) is 11.5 Å². The van der Waals surface area contributed by atoms with E-state index >= 15 is 0 Å². The van der Waals surface area contributed by atoms with Crippen molar-refractivity contribution in [1.29, 1.82) is 0 Å². The first kappa shape index (κ1) is 17.8. The average molecular weight is 372 g/mol. The zero-order chi connectivity index (χ0) is 18.9. The fourth-order valence-corrected chi connectivity index (χ4v) is 3.05. The predicted molar refractivity (Wildman–Crippen MR) is 94.4 cm³/mol. The van der Waals surface area contributed by atoms with E-state index in [0.29, 0.717) is 28.6 Å². The monoisotopic (exact) mass is 372 g/mol. The number of carbonyl (C=O) groups is 1. The summed E-state index contributed by atoms with van der Waals surface area (Å²) in [6.45, 7) is 1.67. The smallest absolute Gasteiger partial charge is 0.309 e. The van der Waals surface area contributed by atoms with Crippen molar-refractivity contribution in [2.75, 3.05) is 6.26 Å². The van der Waals surface area contributed by atoms with Gasteiger partial charge in [0.05, 0.1) is 28.3 Å². The minimum Gasteiger partial charge on any atom is -0.481 e. The second-order valence-electron chi connectivity index (χ2n) is 5.82. The Hall–Kier alpha value is -3.00. The van der Waals surface area contributed by atoms with Crippen molar-refractivity contribution in [3.8, 4) is 22.7 Å². The summed E-state index contributed by atoms with van der Waals surface area (Å²) in [6.07, 6.45) is 2.54. The number of aromatic nitrogens is 2. The molecule has 0 spiro atoms. The van der Waals surface area contributed by atoms with Crippen LogP contribution in [0.5, 0.6) is 0 Å².